The number of rotatable bonds is 6. The minimum Gasteiger partial charge on any atom is -0.445 e. The lowest BCUT2D eigenvalue weighted by Crippen LogP contribution is -2.29. The highest BCUT2D eigenvalue weighted by Gasteiger charge is 2.20. The Morgan fingerprint density at radius 3 is 2.92 bits per heavy atom. The molecule has 26 heavy (non-hydrogen) atoms. The molecular formula is C17H15N3O4S2. The number of carbonyl (C=O) groups is 2. The van der Waals surface area contributed by atoms with Gasteiger partial charge in [-0.2, -0.15) is 0 Å². The summed E-state index contributed by atoms with van der Waals surface area (Å²) in [5, 5.41) is 17.6. The van der Waals surface area contributed by atoms with Crippen LogP contribution in [-0.4, -0.2) is 28.7 Å². The molecule has 0 saturated carbocycles. The second kappa shape index (κ2) is 8.09. The number of hydrogen-bond acceptors (Lipinski definition) is 7. The van der Waals surface area contributed by atoms with Gasteiger partial charge in [-0.3, -0.25) is 10.1 Å². The SMILES string of the molecule is C=CCOC(=O)NC(O)c1ccsc1NC(=O)c1nc2ccccc2s1. The Morgan fingerprint density at radius 2 is 2.15 bits per heavy atom. The normalized spacial score (nSPS) is 11.7. The van der Waals surface area contributed by atoms with Crippen molar-refractivity contribution in [1.29, 1.82) is 0 Å². The van der Waals surface area contributed by atoms with Gasteiger partial charge in [-0.15, -0.1) is 22.7 Å². The molecular weight excluding hydrogens is 374 g/mol. The van der Waals surface area contributed by atoms with Crippen molar-refractivity contribution in [3.8, 4) is 0 Å². The zero-order valence-electron chi connectivity index (χ0n) is 13.5. The Kier molecular flexibility index (Phi) is 5.61. The Balaban J connectivity index is 1.70. The van der Waals surface area contributed by atoms with Crippen LogP contribution in [0.25, 0.3) is 10.2 Å². The van der Waals surface area contributed by atoms with Crippen LogP contribution in [0.4, 0.5) is 9.80 Å². The summed E-state index contributed by atoms with van der Waals surface area (Å²) in [4.78, 5) is 28.3. The zero-order valence-corrected chi connectivity index (χ0v) is 15.1. The van der Waals surface area contributed by atoms with Crippen LogP contribution in [0.15, 0.2) is 48.4 Å². The van der Waals surface area contributed by atoms with E-state index in [1.54, 1.807) is 11.4 Å². The number of carbonyl (C=O) groups excluding carboxylic acids is 2. The third-order valence-electron chi connectivity index (χ3n) is 3.29. The Morgan fingerprint density at radius 1 is 1.35 bits per heavy atom. The molecule has 0 spiro atoms. The van der Waals surface area contributed by atoms with Crippen molar-refractivity contribution in [2.45, 2.75) is 6.23 Å². The van der Waals surface area contributed by atoms with Gasteiger partial charge < -0.3 is 15.2 Å². The number of aromatic nitrogens is 1. The molecule has 3 rings (SSSR count). The lowest BCUT2D eigenvalue weighted by atomic mass is 10.3. The summed E-state index contributed by atoms with van der Waals surface area (Å²) in [5.41, 5.74) is 1.11. The molecule has 0 aliphatic carbocycles. The smallest absolute Gasteiger partial charge is 0.409 e. The van der Waals surface area contributed by atoms with Crippen molar-refractivity contribution in [3.05, 3.63) is 58.9 Å². The van der Waals surface area contributed by atoms with E-state index in [2.05, 4.69) is 22.2 Å². The second-order valence-electron chi connectivity index (χ2n) is 5.08. The lowest BCUT2D eigenvalue weighted by molar-refractivity contribution is 0.102. The number of benzene rings is 1. The van der Waals surface area contributed by atoms with E-state index in [4.69, 9.17) is 4.74 Å². The van der Waals surface area contributed by atoms with Crippen LogP contribution in [-0.2, 0) is 4.74 Å². The van der Waals surface area contributed by atoms with E-state index < -0.39 is 12.3 Å². The van der Waals surface area contributed by atoms with Crippen molar-refractivity contribution in [2.75, 3.05) is 11.9 Å². The number of nitrogens with one attached hydrogen (secondary N) is 2. The van der Waals surface area contributed by atoms with Gasteiger partial charge in [-0.25, -0.2) is 9.78 Å². The molecule has 1 atom stereocenters. The molecule has 1 unspecified atom stereocenters. The first-order valence-electron chi connectivity index (χ1n) is 7.55. The Hall–Kier alpha value is -2.75. The maximum absolute atomic E-state index is 12.5. The number of thiophene rings is 1. The number of aliphatic hydroxyl groups is 1. The molecule has 0 aliphatic rings. The number of nitrogens with zero attached hydrogens (tertiary/aromatic N) is 1. The molecule has 134 valence electrons. The number of fused-ring (bicyclic) bond motifs is 1. The number of ether oxygens (including phenoxy) is 1. The van der Waals surface area contributed by atoms with E-state index in [-0.39, 0.29) is 12.5 Å². The monoisotopic (exact) mass is 389 g/mol. The minimum absolute atomic E-state index is 0.0311. The molecule has 9 heteroatoms. The topological polar surface area (TPSA) is 101 Å². The van der Waals surface area contributed by atoms with Crippen molar-refractivity contribution < 1.29 is 19.4 Å². The quantitative estimate of drug-likeness (QED) is 0.442. The first-order chi connectivity index (χ1) is 12.6. The zero-order chi connectivity index (χ0) is 18.5. The van der Waals surface area contributed by atoms with Crippen LogP contribution < -0.4 is 10.6 Å². The summed E-state index contributed by atoms with van der Waals surface area (Å²) in [5.74, 6) is -0.378. The summed E-state index contributed by atoms with van der Waals surface area (Å²) < 4.78 is 5.68. The molecule has 0 radical (unpaired) electrons. The Labute approximate surface area is 157 Å². The molecule has 1 aromatic carbocycles. The fraction of sp³-hybridized carbons (Fsp3) is 0.118. The number of anilines is 1. The average molecular weight is 389 g/mol. The molecule has 2 heterocycles. The van der Waals surface area contributed by atoms with Crippen molar-refractivity contribution in [1.82, 2.24) is 10.3 Å². The van der Waals surface area contributed by atoms with Crippen molar-refractivity contribution >= 4 is 49.9 Å². The van der Waals surface area contributed by atoms with E-state index in [9.17, 15) is 14.7 Å². The molecule has 0 saturated heterocycles. The number of alkyl carbamates (subject to hydrolysis) is 1. The molecule has 0 aliphatic heterocycles. The van der Waals surface area contributed by atoms with Crippen LogP contribution in [0.1, 0.15) is 21.6 Å². The fourth-order valence-corrected chi connectivity index (χ4v) is 3.81. The highest BCUT2D eigenvalue weighted by atomic mass is 32.1. The van der Waals surface area contributed by atoms with Crippen LogP contribution >= 0.6 is 22.7 Å². The lowest BCUT2D eigenvalue weighted by Gasteiger charge is -2.13. The predicted molar refractivity (Wildman–Crippen MR) is 102 cm³/mol. The average Bonchev–Trinajstić information content (AvgIpc) is 3.26. The van der Waals surface area contributed by atoms with E-state index in [1.807, 2.05) is 24.3 Å². The van der Waals surface area contributed by atoms with Crippen LogP contribution in [0.2, 0.25) is 0 Å². The van der Waals surface area contributed by atoms with Gasteiger partial charge in [0.2, 0.25) is 0 Å². The number of thiazole rings is 1. The van der Waals surface area contributed by atoms with Gasteiger partial charge >= 0.3 is 6.09 Å². The van der Waals surface area contributed by atoms with E-state index in [1.165, 1.54) is 28.7 Å². The number of para-hydroxylation sites is 1. The van der Waals surface area contributed by atoms with Gasteiger partial charge in [0.1, 0.15) is 11.6 Å². The molecule has 3 N–H and O–H groups in total. The summed E-state index contributed by atoms with van der Waals surface area (Å²) in [6.07, 6.45) is -0.684. The third kappa shape index (κ3) is 4.07. The summed E-state index contributed by atoms with van der Waals surface area (Å²) in [6.45, 7) is 3.47. The number of amides is 2. The van der Waals surface area contributed by atoms with Gasteiger partial charge in [0, 0.05) is 5.56 Å². The van der Waals surface area contributed by atoms with Crippen molar-refractivity contribution in [2.24, 2.45) is 0 Å². The molecule has 7 nitrogen and oxygen atoms in total. The van der Waals surface area contributed by atoms with E-state index >= 15 is 0 Å². The van der Waals surface area contributed by atoms with Gasteiger partial charge in [0.05, 0.1) is 10.2 Å². The molecule has 2 amide bonds. The largest absolute Gasteiger partial charge is 0.445 e. The third-order valence-corrected chi connectivity index (χ3v) is 5.17. The minimum atomic E-state index is -1.32. The van der Waals surface area contributed by atoms with Gasteiger partial charge in [0.25, 0.3) is 5.91 Å². The van der Waals surface area contributed by atoms with E-state index in [0.29, 0.717) is 15.6 Å². The molecule has 3 aromatic rings. The fourth-order valence-electron chi connectivity index (χ4n) is 2.13. The highest BCUT2D eigenvalue weighted by molar-refractivity contribution is 7.20. The summed E-state index contributed by atoms with van der Waals surface area (Å²) >= 11 is 2.51. The van der Waals surface area contributed by atoms with Gasteiger partial charge in [-0.1, -0.05) is 24.8 Å². The highest BCUT2D eigenvalue weighted by Crippen LogP contribution is 2.29. The first kappa shape index (κ1) is 18.1. The standard InChI is InChI=1S/C17H15N3O4S2/c1-2-8-24-17(23)20-13(21)10-7-9-25-15(10)19-14(22)16-18-11-5-3-4-6-12(11)26-16/h2-7,9,13,21H,1,8H2,(H,19,22)(H,20,23). The van der Waals surface area contributed by atoms with Crippen molar-refractivity contribution in [3.63, 3.8) is 0 Å². The number of aliphatic hydroxyl groups excluding tert-OH is 1. The molecule has 0 bridgehead atoms. The maximum atomic E-state index is 12.5. The first-order valence-corrected chi connectivity index (χ1v) is 9.24. The second-order valence-corrected chi connectivity index (χ2v) is 7.03. The molecule has 0 fully saturated rings. The predicted octanol–water partition coefficient (Wildman–Crippen LogP) is 3.51. The Bertz CT molecular complexity index is 917. The van der Waals surface area contributed by atoms with E-state index in [0.717, 1.165) is 10.2 Å². The van der Waals surface area contributed by atoms with Crippen LogP contribution in [0.3, 0.4) is 0 Å². The number of hydrogen-bond donors (Lipinski definition) is 3. The van der Waals surface area contributed by atoms with Crippen LogP contribution in [0.5, 0.6) is 0 Å². The van der Waals surface area contributed by atoms with Gasteiger partial charge in [0.15, 0.2) is 11.2 Å². The summed E-state index contributed by atoms with van der Waals surface area (Å²) in [7, 11) is 0. The molecule has 2 aromatic heterocycles. The maximum Gasteiger partial charge on any atom is 0.409 e. The summed E-state index contributed by atoms with van der Waals surface area (Å²) in [6, 6.07) is 9.07. The van der Waals surface area contributed by atoms with Gasteiger partial charge in [-0.05, 0) is 23.6 Å². The van der Waals surface area contributed by atoms with Crippen LogP contribution in [0, 0.1) is 0 Å².